The van der Waals surface area contributed by atoms with Crippen molar-refractivity contribution in [3.05, 3.63) is 64.7 Å². The molecule has 1 fully saturated rings. The Morgan fingerprint density at radius 1 is 1.00 bits per heavy atom. The molecule has 7 nitrogen and oxygen atoms in total. The average Bonchev–Trinajstić information content (AvgIpc) is 3.39. The summed E-state index contributed by atoms with van der Waals surface area (Å²) in [5, 5.41) is 0. The molecule has 7 heteroatoms. The van der Waals surface area contributed by atoms with E-state index >= 15 is 0 Å². The van der Waals surface area contributed by atoms with E-state index in [1.807, 2.05) is 0 Å². The van der Waals surface area contributed by atoms with Gasteiger partial charge in [0.1, 0.15) is 0 Å². The Bertz CT molecular complexity index is 1080. The van der Waals surface area contributed by atoms with Crippen LogP contribution in [0.3, 0.4) is 0 Å². The molecule has 0 bridgehead atoms. The Labute approximate surface area is 187 Å². The first-order valence-electron chi connectivity index (χ1n) is 10.9. The molecule has 0 saturated carbocycles. The lowest BCUT2D eigenvalue weighted by Gasteiger charge is -2.16. The molecule has 166 valence electrons. The molecule has 0 spiro atoms. The van der Waals surface area contributed by atoms with Crippen LogP contribution < -0.4 is 4.90 Å². The third-order valence-electron chi connectivity index (χ3n) is 6.03. The number of amides is 2. The number of hydrogen-bond donors (Lipinski definition) is 0. The zero-order chi connectivity index (χ0) is 22.8. The van der Waals surface area contributed by atoms with Gasteiger partial charge in [0.05, 0.1) is 5.56 Å². The number of carbonyl (C=O) groups excluding carboxylic acids is 4. The second-order valence-corrected chi connectivity index (χ2v) is 8.29. The van der Waals surface area contributed by atoms with Crippen molar-refractivity contribution in [2.24, 2.45) is 0 Å². The van der Waals surface area contributed by atoms with Crippen LogP contribution in [0, 0.1) is 0 Å². The van der Waals surface area contributed by atoms with Gasteiger partial charge < -0.3 is 14.5 Å². The molecule has 1 unspecified atom stereocenters. The first kappa shape index (κ1) is 21.7. The summed E-state index contributed by atoms with van der Waals surface area (Å²) in [6, 6.07) is 12.1. The minimum absolute atomic E-state index is 0.0248. The Kier molecular flexibility index (Phi) is 6.08. The van der Waals surface area contributed by atoms with Gasteiger partial charge in [-0.15, -0.1) is 0 Å². The monoisotopic (exact) mass is 434 g/mol. The lowest BCUT2D eigenvalue weighted by atomic mass is 10.0. The molecule has 1 saturated heterocycles. The molecule has 2 aliphatic rings. The number of likely N-dealkylation sites (tertiary alicyclic amines) is 1. The molecular weight excluding hydrogens is 408 g/mol. The summed E-state index contributed by atoms with van der Waals surface area (Å²) in [7, 11) is 0. The number of Topliss-reactive ketones (excluding diaryl/α,β-unsaturated/α-hetero) is 1. The van der Waals surface area contributed by atoms with Gasteiger partial charge in [-0.1, -0.05) is 12.1 Å². The highest BCUT2D eigenvalue weighted by Crippen LogP contribution is 2.29. The Morgan fingerprint density at radius 3 is 2.38 bits per heavy atom. The summed E-state index contributed by atoms with van der Waals surface area (Å²) in [4.78, 5) is 52.3. The molecule has 2 aliphatic heterocycles. The van der Waals surface area contributed by atoms with E-state index in [2.05, 4.69) is 0 Å². The Balaban J connectivity index is 1.37. The molecule has 0 aliphatic carbocycles. The van der Waals surface area contributed by atoms with Crippen molar-refractivity contribution in [2.75, 3.05) is 18.0 Å². The molecule has 0 N–H and O–H groups in total. The zero-order valence-electron chi connectivity index (χ0n) is 18.3. The van der Waals surface area contributed by atoms with E-state index in [0.717, 1.165) is 29.8 Å². The predicted octanol–water partition coefficient (Wildman–Crippen LogP) is 3.15. The molecule has 2 heterocycles. The van der Waals surface area contributed by atoms with Crippen LogP contribution in [0.1, 0.15) is 58.5 Å². The van der Waals surface area contributed by atoms with E-state index in [-0.39, 0.29) is 17.6 Å². The second-order valence-electron chi connectivity index (χ2n) is 8.29. The van der Waals surface area contributed by atoms with E-state index in [0.29, 0.717) is 37.1 Å². The van der Waals surface area contributed by atoms with Crippen molar-refractivity contribution >= 4 is 29.3 Å². The third kappa shape index (κ3) is 4.42. The zero-order valence-corrected chi connectivity index (χ0v) is 18.3. The summed E-state index contributed by atoms with van der Waals surface area (Å²) in [6.07, 6.45) is 1.23. The quantitative estimate of drug-likeness (QED) is 0.515. The van der Waals surface area contributed by atoms with Crippen LogP contribution in [0.2, 0.25) is 0 Å². The van der Waals surface area contributed by atoms with E-state index in [1.54, 1.807) is 59.2 Å². The number of carbonyl (C=O) groups is 4. The van der Waals surface area contributed by atoms with Gasteiger partial charge in [0.2, 0.25) is 17.6 Å². The van der Waals surface area contributed by atoms with Gasteiger partial charge in [-0.3, -0.25) is 14.4 Å². The number of hydrogen-bond acceptors (Lipinski definition) is 5. The lowest BCUT2D eigenvalue weighted by Crippen LogP contribution is -2.26. The Hall–Kier alpha value is -3.48. The van der Waals surface area contributed by atoms with Gasteiger partial charge in [-0.05, 0) is 61.2 Å². The minimum Gasteiger partial charge on any atom is -0.451 e. The van der Waals surface area contributed by atoms with Crippen molar-refractivity contribution in [1.29, 1.82) is 0 Å². The maximum Gasteiger partial charge on any atom is 0.338 e. The molecule has 2 aromatic carbocycles. The van der Waals surface area contributed by atoms with Crippen LogP contribution in [0.25, 0.3) is 0 Å². The normalized spacial score (nSPS) is 16.1. The fourth-order valence-electron chi connectivity index (χ4n) is 4.24. The average molecular weight is 434 g/mol. The van der Waals surface area contributed by atoms with E-state index in [1.165, 1.54) is 6.92 Å². The summed E-state index contributed by atoms with van der Waals surface area (Å²) in [5.74, 6) is -0.727. The molecule has 1 atom stereocenters. The first-order chi connectivity index (χ1) is 15.3. The van der Waals surface area contributed by atoms with Crippen LogP contribution in [0.4, 0.5) is 5.69 Å². The number of ether oxygens (including phenoxy) is 1. The molecule has 2 aromatic rings. The van der Waals surface area contributed by atoms with Gasteiger partial charge >= 0.3 is 5.97 Å². The summed E-state index contributed by atoms with van der Waals surface area (Å²) >= 11 is 0. The van der Waals surface area contributed by atoms with Crippen LogP contribution in [-0.4, -0.2) is 47.7 Å². The van der Waals surface area contributed by atoms with Crippen LogP contribution >= 0.6 is 0 Å². The van der Waals surface area contributed by atoms with Gasteiger partial charge in [0, 0.05) is 44.2 Å². The van der Waals surface area contributed by atoms with E-state index in [9.17, 15) is 19.2 Å². The maximum atomic E-state index is 12.8. The highest BCUT2D eigenvalue weighted by Gasteiger charge is 2.26. The molecule has 0 aromatic heterocycles. The Morgan fingerprint density at radius 2 is 1.72 bits per heavy atom. The van der Waals surface area contributed by atoms with Crippen molar-refractivity contribution in [2.45, 2.75) is 45.8 Å². The molecule has 32 heavy (non-hydrogen) atoms. The number of nitrogens with zero attached hydrogens (tertiary/aromatic N) is 2. The van der Waals surface area contributed by atoms with Crippen LogP contribution in [0.5, 0.6) is 0 Å². The lowest BCUT2D eigenvalue weighted by molar-refractivity contribution is -0.128. The number of esters is 1. The summed E-state index contributed by atoms with van der Waals surface area (Å²) in [6.45, 7) is 4.98. The molecule has 0 radical (unpaired) electrons. The van der Waals surface area contributed by atoms with Gasteiger partial charge in [0.25, 0.3) is 0 Å². The number of fused-ring (bicyclic) bond motifs is 1. The first-order valence-corrected chi connectivity index (χ1v) is 10.9. The minimum atomic E-state index is -0.937. The standard InChI is InChI=1S/C25H26N2O5/c1-16(24(30)21-9-10-22-20(14-21)11-13-27(22)17(2)28)32-25(31)19-7-5-18(6-8-19)15-26-12-3-4-23(26)29/h5-10,14,16H,3-4,11-13,15H2,1-2H3. The van der Waals surface area contributed by atoms with Gasteiger partial charge in [-0.25, -0.2) is 4.79 Å². The third-order valence-corrected chi connectivity index (χ3v) is 6.03. The fraction of sp³-hybridized carbons (Fsp3) is 0.360. The van der Waals surface area contributed by atoms with E-state index in [4.69, 9.17) is 4.74 Å². The predicted molar refractivity (Wildman–Crippen MR) is 118 cm³/mol. The SMILES string of the molecule is CC(=O)N1CCc2cc(C(=O)C(C)OC(=O)c3ccc(CN4CCCC4=O)cc3)ccc21. The smallest absolute Gasteiger partial charge is 0.338 e. The van der Waals surface area contributed by atoms with E-state index < -0.39 is 12.1 Å². The van der Waals surface area contributed by atoms with Gasteiger partial charge in [-0.2, -0.15) is 0 Å². The van der Waals surface area contributed by atoms with Crippen molar-refractivity contribution in [3.8, 4) is 0 Å². The van der Waals surface area contributed by atoms with Crippen LogP contribution in [-0.2, 0) is 27.3 Å². The van der Waals surface area contributed by atoms with Crippen molar-refractivity contribution in [1.82, 2.24) is 4.90 Å². The van der Waals surface area contributed by atoms with Crippen molar-refractivity contribution in [3.63, 3.8) is 0 Å². The summed E-state index contributed by atoms with van der Waals surface area (Å²) < 4.78 is 5.40. The summed E-state index contributed by atoms with van der Waals surface area (Å²) in [5.41, 5.74) is 3.53. The molecule has 2 amide bonds. The fourth-order valence-corrected chi connectivity index (χ4v) is 4.24. The van der Waals surface area contributed by atoms with Crippen molar-refractivity contribution < 1.29 is 23.9 Å². The number of ketones is 1. The molecule has 4 rings (SSSR count). The number of anilines is 1. The number of benzene rings is 2. The topological polar surface area (TPSA) is 84.0 Å². The van der Waals surface area contributed by atoms with Gasteiger partial charge in [0.15, 0.2) is 6.10 Å². The highest BCUT2D eigenvalue weighted by atomic mass is 16.5. The molecular formula is C25H26N2O5. The largest absolute Gasteiger partial charge is 0.451 e. The second kappa shape index (κ2) is 8.94. The van der Waals surface area contributed by atoms with Crippen LogP contribution in [0.15, 0.2) is 42.5 Å². The maximum absolute atomic E-state index is 12.8. The number of rotatable bonds is 6. The highest BCUT2D eigenvalue weighted by molar-refractivity contribution is 6.02.